The molecular weight excluding hydrogens is 270 g/mol. The zero-order valence-corrected chi connectivity index (χ0v) is 11.9. The molecule has 7 heteroatoms. The first-order valence-electron chi connectivity index (χ1n) is 5.81. The Hall–Kier alpha value is -0.630. The van der Waals surface area contributed by atoms with Crippen LogP contribution < -0.4 is 10.0 Å². The first-order chi connectivity index (χ1) is 8.62. The normalized spacial score (nSPS) is 20.2. The summed E-state index contributed by atoms with van der Waals surface area (Å²) < 4.78 is 26.8. The van der Waals surface area contributed by atoms with Crippen LogP contribution in [0, 0.1) is 0 Å². The molecule has 1 atom stereocenters. The van der Waals surface area contributed by atoms with Gasteiger partial charge in [0.15, 0.2) is 5.03 Å². The summed E-state index contributed by atoms with van der Waals surface area (Å²) in [6.45, 7) is 0.681. The van der Waals surface area contributed by atoms with Crippen molar-refractivity contribution in [1.82, 2.24) is 15.0 Å². The number of nitrogens with one attached hydrogen (secondary N) is 2. The average molecular weight is 287 g/mol. The van der Waals surface area contributed by atoms with Crippen molar-refractivity contribution in [3.8, 4) is 0 Å². The predicted molar refractivity (Wildman–Crippen MR) is 73.1 cm³/mol. The van der Waals surface area contributed by atoms with Crippen molar-refractivity contribution >= 4 is 21.8 Å². The summed E-state index contributed by atoms with van der Waals surface area (Å²) in [6.07, 6.45) is 2.48. The fraction of sp³-hybridized carbons (Fsp3) is 0.545. The Morgan fingerprint density at radius 2 is 2.33 bits per heavy atom. The second-order valence-electron chi connectivity index (χ2n) is 4.22. The Bertz CT molecular complexity index is 482. The van der Waals surface area contributed by atoms with E-state index in [1.807, 2.05) is 7.05 Å². The van der Waals surface area contributed by atoms with E-state index in [9.17, 15) is 8.42 Å². The van der Waals surface area contributed by atoms with Crippen LogP contribution in [-0.2, 0) is 16.6 Å². The number of hydrogen-bond acceptors (Lipinski definition) is 5. The van der Waals surface area contributed by atoms with E-state index >= 15 is 0 Å². The molecule has 1 aromatic rings. The zero-order chi connectivity index (χ0) is 13.0. The lowest BCUT2D eigenvalue weighted by molar-refractivity contribution is 0.559. The van der Waals surface area contributed by atoms with Crippen LogP contribution in [0.25, 0.3) is 0 Å². The third kappa shape index (κ3) is 3.44. The standard InChI is InChI=1S/C11H17N3O2S2/c1-12-6-9-2-3-11(13-7-9)18(15,16)14-10-4-5-17-8-10/h2-3,7,10,12,14H,4-6,8H2,1H3. The maximum Gasteiger partial charge on any atom is 0.258 e. The summed E-state index contributed by atoms with van der Waals surface area (Å²) in [6, 6.07) is 3.37. The van der Waals surface area contributed by atoms with Gasteiger partial charge in [0.1, 0.15) is 0 Å². The molecule has 0 bridgehead atoms. The van der Waals surface area contributed by atoms with Crippen molar-refractivity contribution in [2.75, 3.05) is 18.6 Å². The zero-order valence-electron chi connectivity index (χ0n) is 10.2. The van der Waals surface area contributed by atoms with Gasteiger partial charge in [-0.15, -0.1) is 0 Å². The molecule has 0 saturated carbocycles. The Morgan fingerprint density at radius 3 is 2.89 bits per heavy atom. The van der Waals surface area contributed by atoms with Gasteiger partial charge in [0, 0.05) is 24.5 Å². The van der Waals surface area contributed by atoms with Crippen molar-refractivity contribution in [3.63, 3.8) is 0 Å². The van der Waals surface area contributed by atoms with Gasteiger partial charge < -0.3 is 5.32 Å². The van der Waals surface area contributed by atoms with Crippen molar-refractivity contribution in [3.05, 3.63) is 23.9 Å². The number of aromatic nitrogens is 1. The van der Waals surface area contributed by atoms with Crippen molar-refractivity contribution < 1.29 is 8.42 Å². The summed E-state index contributed by atoms with van der Waals surface area (Å²) in [7, 11) is -1.63. The second-order valence-corrected chi connectivity index (χ2v) is 7.03. The topological polar surface area (TPSA) is 71.1 Å². The van der Waals surface area contributed by atoms with Gasteiger partial charge in [0.2, 0.25) is 0 Å². The molecule has 1 fully saturated rings. The van der Waals surface area contributed by atoms with Crippen molar-refractivity contribution in [1.29, 1.82) is 0 Å². The molecule has 100 valence electrons. The third-order valence-corrected chi connectivity index (χ3v) is 5.30. The molecule has 1 aliphatic rings. The van der Waals surface area contributed by atoms with Crippen LogP contribution in [-0.4, -0.2) is 38.0 Å². The number of rotatable bonds is 5. The molecule has 0 amide bonds. The molecule has 1 unspecified atom stereocenters. The molecule has 0 aromatic carbocycles. The van der Waals surface area contributed by atoms with Crippen LogP contribution in [0.15, 0.2) is 23.4 Å². The van der Waals surface area contributed by atoms with Gasteiger partial charge in [0.25, 0.3) is 10.0 Å². The number of sulfonamides is 1. The maximum atomic E-state index is 12.1. The SMILES string of the molecule is CNCc1ccc(S(=O)(=O)NC2CCSC2)nc1. The monoisotopic (exact) mass is 287 g/mol. The lowest BCUT2D eigenvalue weighted by Gasteiger charge is -2.11. The van der Waals surface area contributed by atoms with Gasteiger partial charge in [-0.1, -0.05) is 6.07 Å². The minimum atomic E-state index is -3.47. The minimum absolute atomic E-state index is 0.0405. The summed E-state index contributed by atoms with van der Waals surface area (Å²) in [5, 5.41) is 3.09. The van der Waals surface area contributed by atoms with E-state index in [-0.39, 0.29) is 11.1 Å². The van der Waals surface area contributed by atoms with E-state index in [4.69, 9.17) is 0 Å². The van der Waals surface area contributed by atoms with E-state index in [1.165, 1.54) is 0 Å². The van der Waals surface area contributed by atoms with Crippen LogP contribution in [0.4, 0.5) is 0 Å². The van der Waals surface area contributed by atoms with Gasteiger partial charge in [-0.05, 0) is 30.9 Å². The highest BCUT2D eigenvalue weighted by atomic mass is 32.2. The quantitative estimate of drug-likeness (QED) is 0.829. The van der Waals surface area contributed by atoms with Crippen molar-refractivity contribution in [2.45, 2.75) is 24.0 Å². The molecule has 1 saturated heterocycles. The maximum absolute atomic E-state index is 12.1. The molecule has 2 heterocycles. The molecule has 5 nitrogen and oxygen atoms in total. The molecule has 1 aliphatic heterocycles. The summed E-state index contributed by atoms with van der Waals surface area (Å²) in [4.78, 5) is 4.01. The average Bonchev–Trinajstić information content (AvgIpc) is 2.82. The third-order valence-electron chi connectivity index (χ3n) is 2.71. The first kappa shape index (κ1) is 13.8. The molecule has 0 radical (unpaired) electrons. The fourth-order valence-electron chi connectivity index (χ4n) is 1.79. The Morgan fingerprint density at radius 1 is 1.50 bits per heavy atom. The first-order valence-corrected chi connectivity index (χ1v) is 8.45. The Kier molecular flexibility index (Phi) is 4.60. The lowest BCUT2D eigenvalue weighted by atomic mass is 10.3. The molecular formula is C11H17N3O2S2. The molecule has 0 spiro atoms. The fourth-order valence-corrected chi connectivity index (χ4v) is 4.24. The molecule has 1 aromatic heterocycles. The predicted octanol–water partition coefficient (Wildman–Crippen LogP) is 0.585. The van der Waals surface area contributed by atoms with E-state index < -0.39 is 10.0 Å². The van der Waals surface area contributed by atoms with Crippen LogP contribution in [0.5, 0.6) is 0 Å². The molecule has 0 aliphatic carbocycles. The smallest absolute Gasteiger partial charge is 0.258 e. The van der Waals surface area contributed by atoms with Crippen LogP contribution in [0.1, 0.15) is 12.0 Å². The lowest BCUT2D eigenvalue weighted by Crippen LogP contribution is -2.35. The van der Waals surface area contributed by atoms with E-state index in [2.05, 4.69) is 15.0 Å². The molecule has 2 rings (SSSR count). The van der Waals surface area contributed by atoms with Crippen LogP contribution in [0.2, 0.25) is 0 Å². The van der Waals surface area contributed by atoms with Gasteiger partial charge >= 0.3 is 0 Å². The number of hydrogen-bond donors (Lipinski definition) is 2. The second kappa shape index (κ2) is 6.01. The highest BCUT2D eigenvalue weighted by Gasteiger charge is 2.23. The van der Waals surface area contributed by atoms with Crippen molar-refractivity contribution in [2.24, 2.45) is 0 Å². The van der Waals surface area contributed by atoms with E-state index in [1.54, 1.807) is 30.1 Å². The highest BCUT2D eigenvalue weighted by Crippen LogP contribution is 2.19. The highest BCUT2D eigenvalue weighted by molar-refractivity contribution is 7.99. The number of thioether (sulfide) groups is 1. The summed E-state index contributed by atoms with van der Waals surface area (Å²) in [5.41, 5.74) is 0.966. The number of nitrogens with zero attached hydrogens (tertiary/aromatic N) is 1. The Labute approximate surface area is 112 Å². The van der Waals surface area contributed by atoms with Crippen LogP contribution in [0.3, 0.4) is 0 Å². The Balaban J connectivity index is 2.08. The molecule has 2 N–H and O–H groups in total. The summed E-state index contributed by atoms with van der Waals surface area (Å²) in [5.74, 6) is 1.86. The van der Waals surface area contributed by atoms with E-state index in [0.29, 0.717) is 6.54 Å². The van der Waals surface area contributed by atoms with Crippen LogP contribution >= 0.6 is 11.8 Å². The van der Waals surface area contributed by atoms with Gasteiger partial charge in [0.05, 0.1) is 0 Å². The van der Waals surface area contributed by atoms with Gasteiger partial charge in [-0.3, -0.25) is 0 Å². The summed E-state index contributed by atoms with van der Waals surface area (Å²) >= 11 is 1.77. The largest absolute Gasteiger partial charge is 0.316 e. The minimum Gasteiger partial charge on any atom is -0.316 e. The van der Waals surface area contributed by atoms with Gasteiger partial charge in [-0.25, -0.2) is 18.1 Å². The molecule has 18 heavy (non-hydrogen) atoms. The van der Waals surface area contributed by atoms with Gasteiger partial charge in [-0.2, -0.15) is 11.8 Å². The van der Waals surface area contributed by atoms with E-state index in [0.717, 1.165) is 23.5 Å². The number of pyridine rings is 1.